The number of halogens is 3. The highest BCUT2D eigenvalue weighted by Crippen LogP contribution is 2.35. The second-order valence-corrected chi connectivity index (χ2v) is 6.55. The maximum Gasteiger partial charge on any atom is 0.237 e. The molecule has 3 heterocycles. The van der Waals surface area contributed by atoms with E-state index in [1.54, 1.807) is 4.57 Å². The quantitative estimate of drug-likeness (QED) is 0.562. The molecule has 0 spiro atoms. The Morgan fingerprint density at radius 3 is 2.81 bits per heavy atom. The number of carbonyl (C=O) groups excluding carboxylic acids is 1. The summed E-state index contributed by atoms with van der Waals surface area (Å²) in [5.74, 6) is -3.84. The van der Waals surface area contributed by atoms with Gasteiger partial charge < -0.3 is 9.55 Å². The van der Waals surface area contributed by atoms with Crippen LogP contribution in [-0.4, -0.2) is 25.0 Å². The summed E-state index contributed by atoms with van der Waals surface area (Å²) in [5.41, 5.74) is 1.01. The molecule has 3 aromatic rings. The summed E-state index contributed by atoms with van der Waals surface area (Å²) in [6.45, 7) is 0.223. The number of aromatic amines is 1. The number of nitrogens with one attached hydrogen (secondary N) is 1. The summed E-state index contributed by atoms with van der Waals surface area (Å²) in [7, 11) is 0. The Morgan fingerprint density at radius 2 is 2.08 bits per heavy atom. The first-order valence-corrected chi connectivity index (χ1v) is 8.31. The fourth-order valence-electron chi connectivity index (χ4n) is 3.40. The minimum absolute atomic E-state index is 0.0448. The highest BCUT2D eigenvalue weighted by atomic mass is 32.1. The van der Waals surface area contributed by atoms with Crippen LogP contribution in [-0.2, 0) is 19.4 Å². The Morgan fingerprint density at radius 1 is 1.31 bits per heavy atom. The molecule has 1 atom stereocenters. The SMILES string of the molecule is O=C(Cc1[nH]c(=S)n2c1CC(c1c(F)ccc(F)c1F)C2)n1ccnc1. The lowest BCUT2D eigenvalue weighted by molar-refractivity contribution is 0.0912. The highest BCUT2D eigenvalue weighted by Gasteiger charge is 2.32. The lowest BCUT2D eigenvalue weighted by Crippen LogP contribution is -2.13. The molecule has 0 saturated carbocycles. The number of aromatic nitrogens is 4. The average Bonchev–Trinajstić information content (AvgIpc) is 3.31. The number of hydrogen-bond donors (Lipinski definition) is 1. The summed E-state index contributed by atoms with van der Waals surface area (Å²) in [4.78, 5) is 19.1. The van der Waals surface area contributed by atoms with E-state index in [1.165, 1.54) is 23.3 Å². The van der Waals surface area contributed by atoms with Gasteiger partial charge in [-0.2, -0.15) is 0 Å². The lowest BCUT2D eigenvalue weighted by atomic mass is 9.95. The van der Waals surface area contributed by atoms with E-state index >= 15 is 0 Å². The molecule has 9 heteroatoms. The molecule has 1 aromatic carbocycles. The van der Waals surface area contributed by atoms with E-state index in [9.17, 15) is 18.0 Å². The van der Waals surface area contributed by atoms with Crippen LogP contribution in [0.15, 0.2) is 30.9 Å². The molecule has 1 aliphatic rings. The van der Waals surface area contributed by atoms with Crippen molar-refractivity contribution in [3.05, 3.63) is 70.0 Å². The molecule has 0 amide bonds. The van der Waals surface area contributed by atoms with E-state index in [4.69, 9.17) is 12.2 Å². The maximum atomic E-state index is 14.1. The van der Waals surface area contributed by atoms with Gasteiger partial charge in [-0.1, -0.05) is 0 Å². The molecule has 1 aliphatic heterocycles. The van der Waals surface area contributed by atoms with Gasteiger partial charge in [0.15, 0.2) is 16.4 Å². The van der Waals surface area contributed by atoms with Crippen molar-refractivity contribution in [2.24, 2.45) is 0 Å². The van der Waals surface area contributed by atoms with E-state index in [1.807, 2.05) is 0 Å². The first-order chi connectivity index (χ1) is 12.5. The number of nitrogens with zero attached hydrogens (tertiary/aromatic N) is 3. The Kier molecular flexibility index (Phi) is 4.03. The van der Waals surface area contributed by atoms with E-state index in [0.29, 0.717) is 16.2 Å². The Hall–Kier alpha value is -2.68. The van der Waals surface area contributed by atoms with Crippen LogP contribution in [0.3, 0.4) is 0 Å². The van der Waals surface area contributed by atoms with Gasteiger partial charge >= 0.3 is 0 Å². The van der Waals surface area contributed by atoms with Crippen molar-refractivity contribution in [3.8, 4) is 0 Å². The Balaban J connectivity index is 1.65. The molecule has 0 aliphatic carbocycles. The predicted octanol–water partition coefficient (Wildman–Crippen LogP) is 3.38. The van der Waals surface area contributed by atoms with Gasteiger partial charge in [0.1, 0.15) is 12.1 Å². The predicted molar refractivity (Wildman–Crippen MR) is 88.9 cm³/mol. The van der Waals surface area contributed by atoms with E-state index in [0.717, 1.165) is 12.1 Å². The lowest BCUT2D eigenvalue weighted by Gasteiger charge is -2.12. The summed E-state index contributed by atoms with van der Waals surface area (Å²) in [6.07, 6.45) is 4.73. The fourth-order valence-corrected chi connectivity index (χ4v) is 3.71. The van der Waals surface area contributed by atoms with E-state index in [-0.39, 0.29) is 30.9 Å². The molecule has 0 fully saturated rings. The van der Waals surface area contributed by atoms with Crippen LogP contribution in [0, 0.1) is 22.2 Å². The topological polar surface area (TPSA) is 55.6 Å². The van der Waals surface area contributed by atoms with Gasteiger partial charge in [-0.3, -0.25) is 9.36 Å². The molecule has 0 saturated heterocycles. The zero-order valence-corrected chi connectivity index (χ0v) is 14.2. The average molecular weight is 378 g/mol. The molecule has 26 heavy (non-hydrogen) atoms. The number of imidazole rings is 2. The maximum absolute atomic E-state index is 14.1. The normalized spacial score (nSPS) is 16.0. The van der Waals surface area contributed by atoms with E-state index < -0.39 is 23.4 Å². The van der Waals surface area contributed by atoms with Gasteiger partial charge in [0.05, 0.1) is 6.42 Å². The second kappa shape index (κ2) is 6.24. The van der Waals surface area contributed by atoms with Gasteiger partial charge in [0.25, 0.3) is 0 Å². The third kappa shape index (κ3) is 2.68. The van der Waals surface area contributed by atoms with Crippen molar-refractivity contribution in [1.82, 2.24) is 19.1 Å². The van der Waals surface area contributed by atoms with Crippen LogP contribution >= 0.6 is 12.2 Å². The second-order valence-electron chi connectivity index (χ2n) is 6.16. The van der Waals surface area contributed by atoms with Gasteiger partial charge in [-0.25, -0.2) is 18.2 Å². The fraction of sp³-hybridized carbons (Fsp3) is 0.235. The third-order valence-electron chi connectivity index (χ3n) is 4.63. The highest BCUT2D eigenvalue weighted by molar-refractivity contribution is 7.71. The monoisotopic (exact) mass is 378 g/mol. The Labute approximate surface area is 151 Å². The van der Waals surface area contributed by atoms with Gasteiger partial charge in [-0.15, -0.1) is 0 Å². The molecule has 134 valence electrons. The zero-order chi connectivity index (χ0) is 18.4. The van der Waals surface area contributed by atoms with Crippen molar-refractivity contribution in [1.29, 1.82) is 0 Å². The number of carbonyl (C=O) groups is 1. The van der Waals surface area contributed by atoms with Crippen LogP contribution in [0.2, 0.25) is 0 Å². The first kappa shape index (κ1) is 16.8. The van der Waals surface area contributed by atoms with Crippen LogP contribution in [0.1, 0.15) is 27.7 Å². The zero-order valence-electron chi connectivity index (χ0n) is 13.4. The molecule has 0 radical (unpaired) electrons. The standard InChI is InChI=1S/C17H13F3N4OS/c18-10-1-2-11(19)16(20)15(10)9-5-13-12(22-17(26)24(13)7-9)6-14(25)23-4-3-21-8-23/h1-4,8-9H,5-7H2,(H,22,26). The molecule has 1 N–H and O–H groups in total. The molecule has 2 aromatic heterocycles. The van der Waals surface area contributed by atoms with E-state index in [2.05, 4.69) is 9.97 Å². The summed E-state index contributed by atoms with van der Waals surface area (Å²) in [5, 5.41) is 0. The number of H-pyrrole nitrogens is 1. The summed E-state index contributed by atoms with van der Waals surface area (Å²) in [6, 6.07) is 1.69. The minimum atomic E-state index is -1.17. The van der Waals surface area contributed by atoms with Crippen LogP contribution in [0.25, 0.3) is 0 Å². The number of fused-ring (bicyclic) bond motifs is 1. The number of benzene rings is 1. The van der Waals surface area contributed by atoms with Gasteiger partial charge in [-0.05, 0) is 30.8 Å². The van der Waals surface area contributed by atoms with Gasteiger partial charge in [0, 0.05) is 41.8 Å². The molecule has 1 unspecified atom stereocenters. The van der Waals surface area contributed by atoms with Crippen molar-refractivity contribution >= 4 is 18.1 Å². The number of rotatable bonds is 3. The van der Waals surface area contributed by atoms with Crippen molar-refractivity contribution in [3.63, 3.8) is 0 Å². The van der Waals surface area contributed by atoms with Crippen LogP contribution in [0.5, 0.6) is 0 Å². The molecular weight excluding hydrogens is 365 g/mol. The van der Waals surface area contributed by atoms with Gasteiger partial charge in [0.2, 0.25) is 5.91 Å². The van der Waals surface area contributed by atoms with Crippen molar-refractivity contribution < 1.29 is 18.0 Å². The van der Waals surface area contributed by atoms with Crippen molar-refractivity contribution in [2.45, 2.75) is 25.3 Å². The largest absolute Gasteiger partial charge is 0.334 e. The van der Waals surface area contributed by atoms with Crippen LogP contribution < -0.4 is 0 Å². The number of hydrogen-bond acceptors (Lipinski definition) is 3. The summed E-state index contributed by atoms with van der Waals surface area (Å²) >= 11 is 5.26. The smallest absolute Gasteiger partial charge is 0.237 e. The van der Waals surface area contributed by atoms with Crippen LogP contribution in [0.4, 0.5) is 13.2 Å². The molecule has 0 bridgehead atoms. The Bertz CT molecular complexity index is 1050. The first-order valence-electron chi connectivity index (χ1n) is 7.90. The molecule has 5 nitrogen and oxygen atoms in total. The molecular formula is C17H13F3N4OS. The third-order valence-corrected chi connectivity index (χ3v) is 4.95. The van der Waals surface area contributed by atoms with Crippen molar-refractivity contribution in [2.75, 3.05) is 0 Å². The summed E-state index contributed by atoms with van der Waals surface area (Å²) < 4.78 is 45.2. The minimum Gasteiger partial charge on any atom is -0.334 e. The molecule has 4 rings (SSSR count).